The van der Waals surface area contributed by atoms with Gasteiger partial charge in [-0.1, -0.05) is 12.1 Å². The molecule has 0 aliphatic heterocycles. The summed E-state index contributed by atoms with van der Waals surface area (Å²) in [6, 6.07) is 10.1. The van der Waals surface area contributed by atoms with Crippen LogP contribution in [-0.4, -0.2) is 38.9 Å². The molecule has 126 valence electrons. The largest absolute Gasteiger partial charge is 0.300 e. The number of rotatable bonds is 4. The molecule has 0 aliphatic rings. The van der Waals surface area contributed by atoms with E-state index in [1.54, 1.807) is 34.1 Å². The van der Waals surface area contributed by atoms with Crippen LogP contribution >= 0.6 is 0 Å². The minimum atomic E-state index is 0.663. The summed E-state index contributed by atoms with van der Waals surface area (Å²) in [5, 5.41) is 8.52. The molecule has 0 saturated carbocycles. The fourth-order valence-corrected chi connectivity index (χ4v) is 3.00. The highest BCUT2D eigenvalue weighted by Gasteiger charge is 2.14. The molecule has 0 spiro atoms. The van der Waals surface area contributed by atoms with Crippen molar-refractivity contribution in [3.8, 4) is 17.1 Å². The Morgan fingerprint density at radius 1 is 0.962 bits per heavy atom. The summed E-state index contributed by atoms with van der Waals surface area (Å²) >= 11 is 0. The molecule has 0 amide bonds. The van der Waals surface area contributed by atoms with Crippen molar-refractivity contribution in [1.82, 2.24) is 38.9 Å². The summed E-state index contributed by atoms with van der Waals surface area (Å²) in [5.74, 6) is 0.802. The molecule has 4 heterocycles. The molecule has 1 aromatic carbocycles. The van der Waals surface area contributed by atoms with E-state index in [0.717, 1.165) is 28.3 Å². The number of nitrogens with zero attached hydrogens (tertiary/aromatic N) is 8. The van der Waals surface area contributed by atoms with Crippen LogP contribution in [0.25, 0.3) is 22.7 Å². The van der Waals surface area contributed by atoms with Crippen molar-refractivity contribution >= 4 is 5.65 Å². The first-order chi connectivity index (χ1) is 12.9. The molecule has 0 radical (unpaired) electrons. The highest BCUT2D eigenvalue weighted by molar-refractivity contribution is 5.73. The van der Waals surface area contributed by atoms with Crippen LogP contribution in [0.5, 0.6) is 0 Å². The second-order valence-electron chi connectivity index (χ2n) is 5.83. The van der Waals surface area contributed by atoms with Crippen molar-refractivity contribution in [1.29, 1.82) is 0 Å². The standard InChI is InChI=1S/C18H14N8/c1-3-14(11-24-13-19-12-23-24)9-15(4-1)25-8-6-21-17(25)16-10-22-26-7-2-5-20-18(16)26/h1-10,12-13H,11H2. The van der Waals surface area contributed by atoms with Gasteiger partial charge in [-0.15, -0.1) is 0 Å². The third-order valence-electron chi connectivity index (χ3n) is 4.16. The fraction of sp³-hybridized carbons (Fsp3) is 0.0556. The minimum absolute atomic E-state index is 0.663. The van der Waals surface area contributed by atoms with Gasteiger partial charge in [0.05, 0.1) is 18.3 Å². The van der Waals surface area contributed by atoms with Crippen LogP contribution in [0.4, 0.5) is 0 Å². The van der Waals surface area contributed by atoms with Crippen molar-refractivity contribution in [2.45, 2.75) is 6.54 Å². The van der Waals surface area contributed by atoms with Crippen molar-refractivity contribution in [2.75, 3.05) is 0 Å². The lowest BCUT2D eigenvalue weighted by atomic mass is 10.2. The topological polar surface area (TPSA) is 78.7 Å². The molecule has 8 nitrogen and oxygen atoms in total. The summed E-state index contributed by atoms with van der Waals surface area (Å²) in [5.41, 5.74) is 3.81. The van der Waals surface area contributed by atoms with Crippen LogP contribution in [0.2, 0.25) is 0 Å². The maximum Gasteiger partial charge on any atom is 0.165 e. The summed E-state index contributed by atoms with van der Waals surface area (Å²) in [6.45, 7) is 0.663. The number of imidazole rings is 1. The van der Waals surface area contributed by atoms with Gasteiger partial charge in [-0.05, 0) is 23.8 Å². The number of benzene rings is 1. The zero-order valence-corrected chi connectivity index (χ0v) is 13.7. The first kappa shape index (κ1) is 14.5. The monoisotopic (exact) mass is 342 g/mol. The van der Waals surface area contributed by atoms with Crippen LogP contribution in [-0.2, 0) is 6.54 Å². The van der Waals surface area contributed by atoms with Crippen molar-refractivity contribution in [3.63, 3.8) is 0 Å². The van der Waals surface area contributed by atoms with Crippen molar-refractivity contribution in [3.05, 3.63) is 79.5 Å². The van der Waals surface area contributed by atoms with Gasteiger partial charge in [0.25, 0.3) is 0 Å². The normalized spacial score (nSPS) is 11.2. The van der Waals surface area contributed by atoms with Gasteiger partial charge in [0.15, 0.2) is 5.65 Å². The predicted molar refractivity (Wildman–Crippen MR) is 94.7 cm³/mol. The van der Waals surface area contributed by atoms with Crippen LogP contribution in [0.3, 0.4) is 0 Å². The Hall–Kier alpha value is -3.81. The van der Waals surface area contributed by atoms with E-state index in [2.05, 4.69) is 43.3 Å². The highest BCUT2D eigenvalue weighted by atomic mass is 15.3. The third-order valence-corrected chi connectivity index (χ3v) is 4.16. The van der Waals surface area contributed by atoms with Crippen molar-refractivity contribution in [2.24, 2.45) is 0 Å². The number of hydrogen-bond donors (Lipinski definition) is 0. The molecule has 0 N–H and O–H groups in total. The first-order valence-corrected chi connectivity index (χ1v) is 8.12. The second kappa shape index (κ2) is 5.92. The first-order valence-electron chi connectivity index (χ1n) is 8.12. The van der Waals surface area contributed by atoms with Crippen LogP contribution in [0.15, 0.2) is 74.0 Å². The molecule has 0 aliphatic carbocycles. The van der Waals surface area contributed by atoms with E-state index in [1.807, 2.05) is 29.1 Å². The van der Waals surface area contributed by atoms with Gasteiger partial charge >= 0.3 is 0 Å². The Morgan fingerprint density at radius 2 is 1.96 bits per heavy atom. The number of fused-ring (bicyclic) bond motifs is 1. The molecule has 0 bridgehead atoms. The maximum atomic E-state index is 4.53. The molecular formula is C18H14N8. The summed E-state index contributed by atoms with van der Waals surface area (Å²) in [6.07, 6.45) is 12.4. The molecule has 0 unspecified atom stereocenters. The van der Waals surface area contributed by atoms with Crippen LogP contribution < -0.4 is 0 Å². The van der Waals surface area contributed by atoms with Gasteiger partial charge in [-0.3, -0.25) is 4.57 Å². The van der Waals surface area contributed by atoms with Crippen LogP contribution in [0, 0.1) is 0 Å². The minimum Gasteiger partial charge on any atom is -0.300 e. The SMILES string of the molecule is c1cc(Cn2cncn2)cc(-n2ccnc2-c2cnn3cccnc23)c1. The lowest BCUT2D eigenvalue weighted by Crippen LogP contribution is -2.02. The smallest absolute Gasteiger partial charge is 0.165 e. The summed E-state index contributed by atoms with van der Waals surface area (Å²) < 4.78 is 5.58. The average molecular weight is 342 g/mol. The zero-order chi connectivity index (χ0) is 17.3. The quantitative estimate of drug-likeness (QED) is 0.500. The Balaban J connectivity index is 1.57. The summed E-state index contributed by atoms with van der Waals surface area (Å²) in [7, 11) is 0. The van der Waals surface area contributed by atoms with E-state index in [9.17, 15) is 0 Å². The lowest BCUT2D eigenvalue weighted by molar-refractivity contribution is 0.684. The Morgan fingerprint density at radius 3 is 2.88 bits per heavy atom. The maximum absolute atomic E-state index is 4.53. The van der Waals surface area contributed by atoms with Crippen molar-refractivity contribution < 1.29 is 0 Å². The van der Waals surface area contributed by atoms with E-state index in [1.165, 1.54) is 6.33 Å². The zero-order valence-electron chi connectivity index (χ0n) is 13.7. The molecule has 0 atom stereocenters. The molecular weight excluding hydrogens is 328 g/mol. The molecule has 8 heteroatoms. The Bertz CT molecular complexity index is 1170. The Labute approximate surface area is 148 Å². The molecule has 4 aromatic heterocycles. The second-order valence-corrected chi connectivity index (χ2v) is 5.83. The molecule has 26 heavy (non-hydrogen) atoms. The number of hydrogen-bond acceptors (Lipinski definition) is 5. The number of aromatic nitrogens is 8. The molecule has 5 rings (SSSR count). The van der Waals surface area contributed by atoms with E-state index in [4.69, 9.17) is 0 Å². The average Bonchev–Trinajstić information content (AvgIpc) is 3.42. The van der Waals surface area contributed by atoms with E-state index >= 15 is 0 Å². The van der Waals surface area contributed by atoms with Gasteiger partial charge in [-0.2, -0.15) is 10.2 Å². The fourth-order valence-electron chi connectivity index (χ4n) is 3.00. The molecule has 5 aromatic rings. The van der Waals surface area contributed by atoms with Crippen LogP contribution in [0.1, 0.15) is 5.56 Å². The lowest BCUT2D eigenvalue weighted by Gasteiger charge is -2.09. The third kappa shape index (κ3) is 2.44. The van der Waals surface area contributed by atoms with Gasteiger partial charge in [0.1, 0.15) is 18.5 Å². The molecule has 0 saturated heterocycles. The van der Waals surface area contributed by atoms with Gasteiger partial charge in [0, 0.05) is 30.5 Å². The molecule has 0 fully saturated rings. The van der Waals surface area contributed by atoms with Gasteiger partial charge in [-0.25, -0.2) is 24.1 Å². The highest BCUT2D eigenvalue weighted by Crippen LogP contribution is 2.24. The Kier molecular flexibility index (Phi) is 3.31. The summed E-state index contributed by atoms with van der Waals surface area (Å²) in [4.78, 5) is 12.9. The van der Waals surface area contributed by atoms with Gasteiger partial charge in [0.2, 0.25) is 0 Å². The van der Waals surface area contributed by atoms with E-state index in [0.29, 0.717) is 6.54 Å². The van der Waals surface area contributed by atoms with E-state index in [-0.39, 0.29) is 0 Å². The van der Waals surface area contributed by atoms with E-state index < -0.39 is 0 Å². The predicted octanol–water partition coefficient (Wildman–Crippen LogP) is 2.22. The van der Waals surface area contributed by atoms with Gasteiger partial charge < -0.3 is 0 Å².